The Hall–Kier alpha value is -4.64. The Bertz CT molecular complexity index is 1660. The zero-order valence-corrected chi connectivity index (χ0v) is 27.7. The van der Waals surface area contributed by atoms with Gasteiger partial charge in [-0.3, -0.25) is 29.7 Å². The number of H-pyrrole nitrogens is 1. The van der Waals surface area contributed by atoms with Gasteiger partial charge in [-0.25, -0.2) is 18.9 Å². The van der Waals surface area contributed by atoms with Crippen LogP contribution in [0.5, 0.6) is 11.5 Å². The van der Waals surface area contributed by atoms with E-state index in [1.165, 1.54) is 47.2 Å². The van der Waals surface area contributed by atoms with Crippen LogP contribution >= 0.6 is 0 Å². The molecule has 2 amide bonds. The summed E-state index contributed by atoms with van der Waals surface area (Å²) in [6, 6.07) is 12.8. The van der Waals surface area contributed by atoms with Crippen LogP contribution in [-0.2, 0) is 35.4 Å². The molecule has 3 aromatic rings. The SMILES string of the molecule is N[C@@H](CCCCCC(=O)CN[C@@H](Cc1cnc[nH]1)C(=O)O)C(=O)N1CCC(C(=O)NO)(S(=O)(=O)c2ccc(Oc3ccccc3)cc2)CC1. The highest BCUT2D eigenvalue weighted by Gasteiger charge is 2.53. The van der Waals surface area contributed by atoms with Gasteiger partial charge in [-0.05, 0) is 62.1 Å². The van der Waals surface area contributed by atoms with Gasteiger partial charge in [0.1, 0.15) is 23.3 Å². The Labute approximate surface area is 284 Å². The number of hydroxylamine groups is 1. The molecule has 4 rings (SSSR count). The van der Waals surface area contributed by atoms with Gasteiger partial charge in [0.25, 0.3) is 5.91 Å². The lowest BCUT2D eigenvalue weighted by atomic mass is 9.94. The fourth-order valence-electron chi connectivity index (χ4n) is 5.75. The second kappa shape index (κ2) is 17.1. The van der Waals surface area contributed by atoms with Gasteiger partial charge in [-0.15, -0.1) is 0 Å². The third-order valence-corrected chi connectivity index (χ3v) is 11.2. The normalized spacial score (nSPS) is 15.6. The second-order valence-electron chi connectivity index (χ2n) is 11.9. The molecule has 0 spiro atoms. The molecule has 0 radical (unpaired) electrons. The number of carbonyl (C=O) groups is 4. The third kappa shape index (κ3) is 9.50. The van der Waals surface area contributed by atoms with E-state index in [9.17, 15) is 37.9 Å². The first-order chi connectivity index (χ1) is 23.5. The van der Waals surface area contributed by atoms with Crippen LogP contribution in [0, 0.1) is 0 Å². The number of sulfone groups is 1. The highest BCUT2D eigenvalue weighted by Crippen LogP contribution is 2.37. The first-order valence-electron chi connectivity index (χ1n) is 16.0. The van der Waals surface area contributed by atoms with E-state index in [4.69, 9.17) is 10.5 Å². The van der Waals surface area contributed by atoms with Crippen LogP contribution in [0.1, 0.15) is 50.6 Å². The number of carbonyl (C=O) groups excluding carboxylic acids is 3. The minimum Gasteiger partial charge on any atom is -0.480 e. The molecule has 2 aromatic carbocycles. The number of Topliss-reactive ketones (excluding diaryl/α,β-unsaturated/α-hetero) is 1. The number of benzene rings is 2. The molecule has 2 atom stereocenters. The number of ketones is 1. The number of unbranched alkanes of at least 4 members (excludes halogenated alkanes) is 2. The fraction of sp³-hybridized carbons (Fsp3) is 0.424. The number of nitrogens with one attached hydrogen (secondary N) is 3. The van der Waals surface area contributed by atoms with Crippen LogP contribution in [-0.4, -0.2) is 93.6 Å². The van der Waals surface area contributed by atoms with E-state index >= 15 is 0 Å². The number of nitrogens with zero attached hydrogens (tertiary/aromatic N) is 2. The molecule has 1 saturated heterocycles. The van der Waals surface area contributed by atoms with Gasteiger partial charge >= 0.3 is 5.97 Å². The Morgan fingerprint density at radius 2 is 1.67 bits per heavy atom. The van der Waals surface area contributed by atoms with Gasteiger partial charge in [-0.1, -0.05) is 31.0 Å². The highest BCUT2D eigenvalue weighted by molar-refractivity contribution is 7.93. The number of amides is 2. The number of aromatic nitrogens is 2. The Morgan fingerprint density at radius 3 is 2.29 bits per heavy atom. The molecule has 1 fully saturated rings. The Balaban J connectivity index is 1.23. The molecule has 7 N–H and O–H groups in total. The summed E-state index contributed by atoms with van der Waals surface area (Å²) in [5, 5.41) is 21.7. The summed E-state index contributed by atoms with van der Waals surface area (Å²) < 4.78 is 31.3. The molecule has 1 aromatic heterocycles. The van der Waals surface area contributed by atoms with Crippen molar-refractivity contribution < 1.29 is 42.6 Å². The predicted octanol–water partition coefficient (Wildman–Crippen LogP) is 1.97. The zero-order chi connectivity index (χ0) is 35.4. The first kappa shape index (κ1) is 37.2. The zero-order valence-electron chi connectivity index (χ0n) is 26.9. The molecule has 1 aliphatic rings. The number of para-hydroxylation sites is 1. The number of nitrogens with two attached hydrogens (primary N) is 1. The van der Waals surface area contributed by atoms with Crippen molar-refractivity contribution in [3.05, 3.63) is 72.8 Å². The Kier molecular flexibility index (Phi) is 13.0. The van der Waals surface area contributed by atoms with Gasteiger partial charge in [0, 0.05) is 37.8 Å². The molecule has 0 aliphatic carbocycles. The summed E-state index contributed by atoms with van der Waals surface area (Å²) in [5.41, 5.74) is 8.32. The lowest BCUT2D eigenvalue weighted by Crippen LogP contribution is -2.59. The van der Waals surface area contributed by atoms with Crippen molar-refractivity contribution in [2.45, 2.75) is 73.1 Å². The summed E-state index contributed by atoms with van der Waals surface area (Å²) in [6.07, 6.45) is 4.95. The number of imidazole rings is 1. The van der Waals surface area contributed by atoms with E-state index in [-0.39, 0.29) is 61.9 Å². The minimum absolute atomic E-state index is 0.0619. The van der Waals surface area contributed by atoms with Crippen LogP contribution < -0.4 is 21.3 Å². The van der Waals surface area contributed by atoms with E-state index in [1.54, 1.807) is 24.3 Å². The first-order valence-corrected chi connectivity index (χ1v) is 17.5. The molecule has 0 saturated carbocycles. The number of likely N-dealkylation sites (tertiary alicyclic amines) is 1. The van der Waals surface area contributed by atoms with Crippen molar-refractivity contribution >= 4 is 33.4 Å². The van der Waals surface area contributed by atoms with Gasteiger partial charge < -0.3 is 25.5 Å². The topological polar surface area (TPSA) is 234 Å². The summed E-state index contributed by atoms with van der Waals surface area (Å²) in [6.45, 7) is -0.210. The molecule has 0 unspecified atom stereocenters. The number of hydrogen-bond acceptors (Lipinski definition) is 11. The predicted molar refractivity (Wildman–Crippen MR) is 176 cm³/mol. The lowest BCUT2D eigenvalue weighted by Gasteiger charge is -2.40. The van der Waals surface area contributed by atoms with Crippen LogP contribution in [0.3, 0.4) is 0 Å². The molecule has 2 heterocycles. The molecule has 264 valence electrons. The minimum atomic E-state index is -4.31. The molecule has 0 bridgehead atoms. The summed E-state index contributed by atoms with van der Waals surface area (Å²) >= 11 is 0. The van der Waals surface area contributed by atoms with Crippen LogP contribution in [0.4, 0.5) is 0 Å². The standard InChI is InChI=1S/C33H42N6O9S/c34-28(10-6-1-3-7-24(40)21-36-29(31(42)43)19-23-20-35-22-37-23)30(41)39-17-15-33(16-18-39,32(44)38-45)49(46,47)27-13-11-26(12-14-27)48-25-8-4-2-5-9-25/h2,4-5,8-9,11-14,20,22,28-29,36,45H,1,3,6-7,10,15-19,21,34H2,(H,35,37)(H,38,44)(H,42,43)/t28-,29-/m0/s1. The van der Waals surface area contributed by atoms with Gasteiger partial charge in [0.2, 0.25) is 5.91 Å². The maximum absolute atomic E-state index is 13.8. The number of hydrogen-bond donors (Lipinski definition) is 6. The van der Waals surface area contributed by atoms with Crippen molar-refractivity contribution in [2.24, 2.45) is 5.73 Å². The Morgan fingerprint density at radius 1 is 1.00 bits per heavy atom. The molecule has 1 aliphatic heterocycles. The van der Waals surface area contributed by atoms with E-state index in [1.807, 2.05) is 6.07 Å². The summed E-state index contributed by atoms with van der Waals surface area (Å²) in [5.74, 6) is -1.69. The van der Waals surface area contributed by atoms with Crippen molar-refractivity contribution in [1.29, 1.82) is 0 Å². The maximum atomic E-state index is 13.8. The van der Waals surface area contributed by atoms with Gasteiger partial charge in [-0.2, -0.15) is 0 Å². The number of carboxylic acids is 1. The van der Waals surface area contributed by atoms with Crippen molar-refractivity contribution in [2.75, 3.05) is 19.6 Å². The van der Waals surface area contributed by atoms with Crippen LogP contribution in [0.25, 0.3) is 0 Å². The van der Waals surface area contributed by atoms with Crippen molar-refractivity contribution in [3.8, 4) is 11.5 Å². The molecular formula is C33H42N6O9S. The van der Waals surface area contributed by atoms with E-state index in [0.717, 1.165) is 0 Å². The largest absolute Gasteiger partial charge is 0.480 e. The van der Waals surface area contributed by atoms with Crippen molar-refractivity contribution in [3.63, 3.8) is 0 Å². The quantitative estimate of drug-likeness (QED) is 0.0636. The monoisotopic (exact) mass is 698 g/mol. The lowest BCUT2D eigenvalue weighted by molar-refractivity contribution is -0.139. The fourth-order valence-corrected chi connectivity index (χ4v) is 7.71. The van der Waals surface area contributed by atoms with Gasteiger partial charge in [0.05, 0.1) is 23.8 Å². The number of aromatic amines is 1. The smallest absolute Gasteiger partial charge is 0.321 e. The average molecular weight is 699 g/mol. The van der Waals surface area contributed by atoms with E-state index in [0.29, 0.717) is 42.9 Å². The molecule has 49 heavy (non-hydrogen) atoms. The van der Waals surface area contributed by atoms with Gasteiger partial charge in [0.15, 0.2) is 14.6 Å². The number of aliphatic carboxylic acids is 1. The van der Waals surface area contributed by atoms with E-state index < -0.39 is 38.5 Å². The van der Waals surface area contributed by atoms with E-state index in [2.05, 4.69) is 15.3 Å². The van der Waals surface area contributed by atoms with Crippen molar-refractivity contribution in [1.82, 2.24) is 25.7 Å². The van der Waals surface area contributed by atoms with Crippen LogP contribution in [0.15, 0.2) is 72.0 Å². The number of piperidine rings is 1. The number of rotatable bonds is 18. The van der Waals surface area contributed by atoms with Crippen LogP contribution in [0.2, 0.25) is 0 Å². The average Bonchev–Trinajstić information content (AvgIpc) is 3.63. The molecule has 16 heteroatoms. The molecule has 15 nitrogen and oxygen atoms in total. The highest BCUT2D eigenvalue weighted by atomic mass is 32.2. The number of carboxylic acid groups (broad SMARTS) is 1. The molecular weight excluding hydrogens is 656 g/mol. The summed E-state index contributed by atoms with van der Waals surface area (Å²) in [4.78, 5) is 57.8. The maximum Gasteiger partial charge on any atom is 0.321 e. The number of ether oxygens (including phenoxy) is 1. The second-order valence-corrected chi connectivity index (χ2v) is 14.2. The third-order valence-electron chi connectivity index (χ3n) is 8.64. The summed E-state index contributed by atoms with van der Waals surface area (Å²) in [7, 11) is -4.31.